The summed E-state index contributed by atoms with van der Waals surface area (Å²) in [5.74, 6) is 0.909. The average Bonchev–Trinajstić information content (AvgIpc) is 3.21. The third-order valence-electron chi connectivity index (χ3n) is 5.72. The molecule has 1 aliphatic heterocycles. The van der Waals surface area contributed by atoms with E-state index in [2.05, 4.69) is 63.3 Å². The Labute approximate surface area is 117 Å². The molecule has 0 bridgehead atoms. The summed E-state index contributed by atoms with van der Waals surface area (Å²) >= 11 is 0. The smallest absolute Gasteiger partial charge is 0.0267 e. The van der Waals surface area contributed by atoms with Crippen LogP contribution in [0.25, 0.3) is 0 Å². The van der Waals surface area contributed by atoms with E-state index in [1.54, 1.807) is 0 Å². The van der Waals surface area contributed by atoms with Crippen LogP contribution in [0.4, 0.5) is 0 Å². The van der Waals surface area contributed by atoms with Gasteiger partial charge < -0.3 is 5.32 Å². The SMILES string of the molecule is CCC1(C(C)(C)C)C[C@@H]1[C@@H]1NC1Cc1ccccc1. The van der Waals surface area contributed by atoms with Gasteiger partial charge in [-0.1, -0.05) is 58.0 Å². The molecule has 1 N–H and O–H groups in total. The van der Waals surface area contributed by atoms with E-state index in [4.69, 9.17) is 0 Å². The van der Waals surface area contributed by atoms with Crippen LogP contribution in [0.2, 0.25) is 0 Å². The topological polar surface area (TPSA) is 21.9 Å². The van der Waals surface area contributed by atoms with Gasteiger partial charge in [0.05, 0.1) is 0 Å². The van der Waals surface area contributed by atoms with Gasteiger partial charge in [-0.05, 0) is 41.6 Å². The summed E-state index contributed by atoms with van der Waals surface area (Å²) in [5.41, 5.74) is 2.52. The van der Waals surface area contributed by atoms with Gasteiger partial charge in [0, 0.05) is 12.1 Å². The lowest BCUT2D eigenvalue weighted by Crippen LogP contribution is -2.25. The zero-order valence-electron chi connectivity index (χ0n) is 12.7. The lowest BCUT2D eigenvalue weighted by atomic mass is 9.73. The predicted octanol–water partition coefficient (Wildman–Crippen LogP) is 4.03. The van der Waals surface area contributed by atoms with Gasteiger partial charge in [0.2, 0.25) is 0 Å². The van der Waals surface area contributed by atoms with E-state index >= 15 is 0 Å². The summed E-state index contributed by atoms with van der Waals surface area (Å²) in [6.45, 7) is 9.64. The summed E-state index contributed by atoms with van der Waals surface area (Å²) in [7, 11) is 0. The van der Waals surface area contributed by atoms with Crippen LogP contribution in [-0.4, -0.2) is 12.1 Å². The Morgan fingerprint density at radius 2 is 1.89 bits per heavy atom. The van der Waals surface area contributed by atoms with Crippen molar-refractivity contribution in [2.45, 2.75) is 59.0 Å². The van der Waals surface area contributed by atoms with Crippen molar-refractivity contribution in [1.82, 2.24) is 5.32 Å². The summed E-state index contributed by atoms with van der Waals surface area (Å²) in [6.07, 6.45) is 3.96. The molecule has 1 aliphatic carbocycles. The van der Waals surface area contributed by atoms with E-state index in [0.717, 1.165) is 18.0 Å². The van der Waals surface area contributed by atoms with Crippen molar-refractivity contribution in [2.24, 2.45) is 16.7 Å². The van der Waals surface area contributed by atoms with Gasteiger partial charge in [0.25, 0.3) is 0 Å². The lowest BCUT2D eigenvalue weighted by Gasteiger charge is -2.31. The van der Waals surface area contributed by atoms with Gasteiger partial charge in [0.1, 0.15) is 0 Å². The Morgan fingerprint density at radius 1 is 1.21 bits per heavy atom. The van der Waals surface area contributed by atoms with Crippen molar-refractivity contribution in [2.75, 3.05) is 0 Å². The first kappa shape index (κ1) is 13.2. The molecular formula is C18H27N. The van der Waals surface area contributed by atoms with Gasteiger partial charge in [-0.2, -0.15) is 0 Å². The third kappa shape index (κ3) is 2.23. The van der Waals surface area contributed by atoms with Crippen molar-refractivity contribution >= 4 is 0 Å². The molecule has 0 radical (unpaired) electrons. The summed E-state index contributed by atoms with van der Waals surface area (Å²) < 4.78 is 0. The quantitative estimate of drug-likeness (QED) is 0.808. The fraction of sp³-hybridized carbons (Fsp3) is 0.667. The van der Waals surface area contributed by atoms with Crippen LogP contribution in [0.1, 0.15) is 46.1 Å². The highest BCUT2D eigenvalue weighted by Crippen LogP contribution is 2.68. The number of rotatable bonds is 4. The Hall–Kier alpha value is -0.820. The zero-order chi connectivity index (χ0) is 13.7. The van der Waals surface area contributed by atoms with Crippen LogP contribution in [0.5, 0.6) is 0 Å². The summed E-state index contributed by atoms with van der Waals surface area (Å²) in [4.78, 5) is 0. The molecule has 19 heavy (non-hydrogen) atoms. The monoisotopic (exact) mass is 257 g/mol. The Balaban J connectivity index is 1.60. The van der Waals surface area contributed by atoms with Crippen molar-refractivity contribution < 1.29 is 0 Å². The first-order chi connectivity index (χ1) is 8.98. The number of hydrogen-bond donors (Lipinski definition) is 1. The molecule has 1 heteroatoms. The minimum Gasteiger partial charge on any atom is -0.307 e. The van der Waals surface area contributed by atoms with Crippen LogP contribution in [0.15, 0.2) is 30.3 Å². The minimum atomic E-state index is 0.452. The molecule has 0 spiro atoms. The van der Waals surface area contributed by atoms with Gasteiger partial charge in [0.15, 0.2) is 0 Å². The Bertz CT molecular complexity index is 445. The molecule has 2 unspecified atom stereocenters. The number of nitrogens with one attached hydrogen (secondary N) is 1. The van der Waals surface area contributed by atoms with Crippen molar-refractivity contribution in [3.8, 4) is 0 Å². The molecule has 0 aromatic heterocycles. The normalized spacial score (nSPS) is 37.2. The van der Waals surface area contributed by atoms with E-state index < -0.39 is 0 Å². The van der Waals surface area contributed by atoms with E-state index in [-0.39, 0.29) is 0 Å². The molecule has 1 aromatic rings. The van der Waals surface area contributed by atoms with Gasteiger partial charge in [-0.25, -0.2) is 0 Å². The fourth-order valence-electron chi connectivity index (χ4n) is 4.25. The molecule has 1 saturated heterocycles. The van der Waals surface area contributed by atoms with Crippen LogP contribution in [-0.2, 0) is 6.42 Å². The second-order valence-electron chi connectivity index (χ2n) is 7.56. The molecule has 1 nitrogen and oxygen atoms in total. The van der Waals surface area contributed by atoms with E-state index in [0.29, 0.717) is 10.8 Å². The summed E-state index contributed by atoms with van der Waals surface area (Å²) in [5, 5.41) is 3.74. The molecule has 1 saturated carbocycles. The highest BCUT2D eigenvalue weighted by molar-refractivity contribution is 5.24. The summed E-state index contributed by atoms with van der Waals surface area (Å²) in [6, 6.07) is 12.4. The third-order valence-corrected chi connectivity index (χ3v) is 5.72. The van der Waals surface area contributed by atoms with Crippen molar-refractivity contribution in [3.63, 3.8) is 0 Å². The van der Waals surface area contributed by atoms with Gasteiger partial charge >= 0.3 is 0 Å². The maximum Gasteiger partial charge on any atom is 0.0267 e. The van der Waals surface area contributed by atoms with Gasteiger partial charge in [-0.3, -0.25) is 0 Å². The predicted molar refractivity (Wildman–Crippen MR) is 81.1 cm³/mol. The van der Waals surface area contributed by atoms with Crippen LogP contribution in [0, 0.1) is 16.7 Å². The van der Waals surface area contributed by atoms with Crippen LogP contribution in [0.3, 0.4) is 0 Å². The maximum atomic E-state index is 3.74. The minimum absolute atomic E-state index is 0.452. The van der Waals surface area contributed by atoms with Crippen molar-refractivity contribution in [3.05, 3.63) is 35.9 Å². The van der Waals surface area contributed by atoms with Crippen LogP contribution >= 0.6 is 0 Å². The first-order valence-electron chi connectivity index (χ1n) is 7.78. The second-order valence-corrected chi connectivity index (χ2v) is 7.56. The molecule has 104 valence electrons. The highest BCUT2D eigenvalue weighted by Gasteiger charge is 2.66. The van der Waals surface area contributed by atoms with E-state index in [9.17, 15) is 0 Å². The average molecular weight is 257 g/mol. The molecule has 3 rings (SSSR count). The molecule has 2 fully saturated rings. The fourth-order valence-corrected chi connectivity index (χ4v) is 4.25. The molecular weight excluding hydrogens is 230 g/mol. The van der Waals surface area contributed by atoms with Crippen molar-refractivity contribution in [1.29, 1.82) is 0 Å². The van der Waals surface area contributed by atoms with Crippen LogP contribution < -0.4 is 5.32 Å². The number of hydrogen-bond acceptors (Lipinski definition) is 1. The first-order valence-corrected chi connectivity index (χ1v) is 7.78. The largest absolute Gasteiger partial charge is 0.307 e. The van der Waals surface area contributed by atoms with E-state index in [1.807, 2.05) is 0 Å². The Kier molecular flexibility index (Phi) is 3.01. The number of benzene rings is 1. The van der Waals surface area contributed by atoms with Gasteiger partial charge in [-0.15, -0.1) is 0 Å². The maximum absolute atomic E-state index is 3.74. The second kappa shape index (κ2) is 4.34. The molecule has 1 aromatic carbocycles. The zero-order valence-corrected chi connectivity index (χ0v) is 12.7. The Morgan fingerprint density at radius 3 is 2.42 bits per heavy atom. The molecule has 0 amide bonds. The molecule has 4 atom stereocenters. The lowest BCUT2D eigenvalue weighted by molar-refractivity contribution is 0.182. The highest BCUT2D eigenvalue weighted by atomic mass is 15.2. The standard InChI is InChI=1S/C18H27N/c1-5-18(17(2,3)4)12-14(18)16-15(19-16)11-13-9-7-6-8-10-13/h6-10,14-16,19H,5,11-12H2,1-4H3/t14-,15?,16+,18?/m1/s1. The molecule has 2 aliphatic rings. The molecule has 1 heterocycles. The van der Waals surface area contributed by atoms with E-state index in [1.165, 1.54) is 24.8 Å².